The molecular formula is C13H11Cl2NO2S. The first-order chi connectivity index (χ1) is 9.10. The number of benzene rings is 1. The molecule has 3 nitrogen and oxygen atoms in total. The van der Waals surface area contributed by atoms with Crippen molar-refractivity contribution in [2.24, 2.45) is 0 Å². The molecule has 0 atom stereocenters. The predicted octanol–water partition coefficient (Wildman–Crippen LogP) is 3.44. The van der Waals surface area contributed by atoms with Crippen LogP contribution in [-0.2, 0) is 0 Å². The van der Waals surface area contributed by atoms with Crippen LogP contribution in [0.4, 0.5) is 0 Å². The molecule has 0 bridgehead atoms. The number of rotatable bonds is 4. The fraction of sp³-hybridized carbons (Fsp3) is 0.154. The Morgan fingerprint density at radius 2 is 1.89 bits per heavy atom. The molecular weight excluding hydrogens is 305 g/mol. The van der Waals surface area contributed by atoms with Crippen LogP contribution < -0.4 is 5.32 Å². The number of hydrogen-bond donors (Lipinski definition) is 2. The zero-order chi connectivity index (χ0) is 13.8. The van der Waals surface area contributed by atoms with Gasteiger partial charge in [-0.25, -0.2) is 0 Å². The third kappa shape index (κ3) is 3.70. The smallest absolute Gasteiger partial charge is 0.261 e. The summed E-state index contributed by atoms with van der Waals surface area (Å²) in [4.78, 5) is 13.2. The van der Waals surface area contributed by atoms with Gasteiger partial charge in [0, 0.05) is 21.5 Å². The maximum absolute atomic E-state index is 11.7. The number of carbonyl (C=O) groups excluding carboxylic acids is 1. The summed E-state index contributed by atoms with van der Waals surface area (Å²) in [7, 11) is 0. The molecule has 0 unspecified atom stereocenters. The second-order valence-corrected chi connectivity index (χ2v) is 5.76. The molecule has 0 radical (unpaired) electrons. The van der Waals surface area contributed by atoms with Crippen molar-refractivity contribution in [1.29, 1.82) is 0 Å². The van der Waals surface area contributed by atoms with E-state index in [0.717, 1.165) is 10.4 Å². The molecule has 0 spiro atoms. The Balaban J connectivity index is 2.23. The van der Waals surface area contributed by atoms with Crippen molar-refractivity contribution in [2.75, 3.05) is 13.2 Å². The lowest BCUT2D eigenvalue weighted by atomic mass is 10.2. The zero-order valence-corrected chi connectivity index (χ0v) is 12.1. The van der Waals surface area contributed by atoms with E-state index in [4.69, 9.17) is 28.3 Å². The second kappa shape index (κ2) is 6.39. The van der Waals surface area contributed by atoms with Crippen molar-refractivity contribution in [1.82, 2.24) is 5.32 Å². The Labute approximate surface area is 124 Å². The van der Waals surface area contributed by atoms with Crippen LogP contribution in [0.2, 0.25) is 10.0 Å². The Bertz CT molecular complexity index is 578. The highest BCUT2D eigenvalue weighted by atomic mass is 35.5. The van der Waals surface area contributed by atoms with Crippen molar-refractivity contribution in [3.63, 3.8) is 0 Å². The van der Waals surface area contributed by atoms with E-state index in [1.165, 1.54) is 11.3 Å². The van der Waals surface area contributed by atoms with Gasteiger partial charge in [-0.15, -0.1) is 11.3 Å². The molecule has 0 aliphatic rings. The Kier molecular flexibility index (Phi) is 4.82. The lowest BCUT2D eigenvalue weighted by molar-refractivity contribution is 0.0949. The first kappa shape index (κ1) is 14.3. The van der Waals surface area contributed by atoms with Crippen LogP contribution in [0.1, 0.15) is 9.67 Å². The fourth-order valence-corrected chi connectivity index (χ4v) is 3.00. The molecule has 6 heteroatoms. The number of halogens is 2. The molecule has 19 heavy (non-hydrogen) atoms. The summed E-state index contributed by atoms with van der Waals surface area (Å²) >= 11 is 13.3. The van der Waals surface area contributed by atoms with Crippen LogP contribution in [-0.4, -0.2) is 24.2 Å². The third-order valence-corrected chi connectivity index (χ3v) is 3.94. The average molecular weight is 316 g/mol. The summed E-state index contributed by atoms with van der Waals surface area (Å²) in [6.07, 6.45) is 0. The quantitative estimate of drug-likeness (QED) is 0.908. The molecule has 0 saturated heterocycles. The Morgan fingerprint density at radius 1 is 1.21 bits per heavy atom. The average Bonchev–Trinajstić information content (AvgIpc) is 2.84. The summed E-state index contributed by atoms with van der Waals surface area (Å²) in [5, 5.41) is 12.4. The van der Waals surface area contributed by atoms with Gasteiger partial charge in [0.05, 0.1) is 11.5 Å². The van der Waals surface area contributed by atoms with Crippen LogP contribution >= 0.6 is 34.5 Å². The molecule has 1 amide bonds. The van der Waals surface area contributed by atoms with Gasteiger partial charge in [-0.05, 0) is 35.9 Å². The molecule has 2 aromatic rings. The van der Waals surface area contributed by atoms with Crippen LogP contribution in [0.5, 0.6) is 0 Å². The maximum atomic E-state index is 11.7. The summed E-state index contributed by atoms with van der Waals surface area (Å²) in [6.45, 7) is 0.170. The second-order valence-electron chi connectivity index (χ2n) is 3.80. The molecule has 2 rings (SSSR count). The van der Waals surface area contributed by atoms with Crippen molar-refractivity contribution in [3.8, 4) is 10.4 Å². The number of aliphatic hydroxyl groups is 1. The minimum Gasteiger partial charge on any atom is -0.395 e. The van der Waals surface area contributed by atoms with Crippen molar-refractivity contribution in [2.45, 2.75) is 0 Å². The number of carbonyl (C=O) groups is 1. The Morgan fingerprint density at radius 3 is 2.53 bits per heavy atom. The fourth-order valence-electron chi connectivity index (χ4n) is 1.57. The Hall–Kier alpha value is -1.07. The monoisotopic (exact) mass is 315 g/mol. The van der Waals surface area contributed by atoms with Crippen LogP contribution in [0.3, 0.4) is 0 Å². The van der Waals surface area contributed by atoms with Gasteiger partial charge in [-0.1, -0.05) is 23.2 Å². The van der Waals surface area contributed by atoms with Gasteiger partial charge in [-0.3, -0.25) is 4.79 Å². The van der Waals surface area contributed by atoms with E-state index >= 15 is 0 Å². The largest absolute Gasteiger partial charge is 0.395 e. The van der Waals surface area contributed by atoms with E-state index in [2.05, 4.69) is 5.32 Å². The lowest BCUT2D eigenvalue weighted by Gasteiger charge is -2.01. The SMILES string of the molecule is O=C(NCCO)c1ccc(-c2cc(Cl)cc(Cl)c2)s1. The molecule has 2 N–H and O–H groups in total. The minimum absolute atomic E-state index is 0.0755. The van der Waals surface area contributed by atoms with E-state index in [9.17, 15) is 4.79 Å². The third-order valence-electron chi connectivity index (χ3n) is 2.37. The molecule has 0 fully saturated rings. The van der Waals surface area contributed by atoms with E-state index < -0.39 is 0 Å². The number of aliphatic hydroxyl groups excluding tert-OH is 1. The number of amides is 1. The van der Waals surface area contributed by atoms with Gasteiger partial charge in [-0.2, -0.15) is 0 Å². The first-order valence-corrected chi connectivity index (χ1v) is 7.13. The topological polar surface area (TPSA) is 49.3 Å². The van der Waals surface area contributed by atoms with Crippen molar-refractivity contribution < 1.29 is 9.90 Å². The zero-order valence-electron chi connectivity index (χ0n) is 9.82. The van der Waals surface area contributed by atoms with Gasteiger partial charge < -0.3 is 10.4 Å². The molecule has 1 aromatic carbocycles. The highest BCUT2D eigenvalue weighted by Crippen LogP contribution is 2.32. The highest BCUT2D eigenvalue weighted by Gasteiger charge is 2.10. The highest BCUT2D eigenvalue weighted by molar-refractivity contribution is 7.17. The van der Waals surface area contributed by atoms with E-state index in [0.29, 0.717) is 14.9 Å². The van der Waals surface area contributed by atoms with Gasteiger partial charge >= 0.3 is 0 Å². The molecule has 1 heterocycles. The normalized spacial score (nSPS) is 10.5. The van der Waals surface area contributed by atoms with Gasteiger partial charge in [0.15, 0.2) is 0 Å². The van der Waals surface area contributed by atoms with Crippen LogP contribution in [0, 0.1) is 0 Å². The van der Waals surface area contributed by atoms with E-state index in [1.54, 1.807) is 24.3 Å². The minimum atomic E-state index is -0.196. The maximum Gasteiger partial charge on any atom is 0.261 e. The lowest BCUT2D eigenvalue weighted by Crippen LogP contribution is -2.25. The number of thiophene rings is 1. The van der Waals surface area contributed by atoms with Crippen LogP contribution in [0.25, 0.3) is 10.4 Å². The standard InChI is InChI=1S/C13H11Cl2NO2S/c14-9-5-8(6-10(15)7-9)11-1-2-12(19-11)13(18)16-3-4-17/h1-2,5-7,17H,3-4H2,(H,16,18). The van der Waals surface area contributed by atoms with Crippen molar-refractivity contribution in [3.05, 3.63) is 45.3 Å². The van der Waals surface area contributed by atoms with Gasteiger partial charge in [0.25, 0.3) is 5.91 Å². The molecule has 0 aliphatic carbocycles. The molecule has 100 valence electrons. The number of nitrogens with one attached hydrogen (secondary N) is 1. The molecule has 0 saturated carbocycles. The van der Waals surface area contributed by atoms with Crippen LogP contribution in [0.15, 0.2) is 30.3 Å². The summed E-state index contributed by atoms with van der Waals surface area (Å²) in [6, 6.07) is 8.85. The first-order valence-electron chi connectivity index (χ1n) is 5.55. The van der Waals surface area contributed by atoms with E-state index in [1.807, 2.05) is 6.07 Å². The molecule has 0 aliphatic heterocycles. The summed E-state index contributed by atoms with van der Waals surface area (Å²) in [5.41, 5.74) is 0.878. The molecule has 1 aromatic heterocycles. The van der Waals surface area contributed by atoms with Gasteiger partial charge in [0.1, 0.15) is 0 Å². The van der Waals surface area contributed by atoms with Crippen molar-refractivity contribution >= 4 is 40.4 Å². The summed E-state index contributed by atoms with van der Waals surface area (Å²) < 4.78 is 0. The summed E-state index contributed by atoms with van der Waals surface area (Å²) in [5.74, 6) is -0.196. The predicted molar refractivity (Wildman–Crippen MR) is 79.2 cm³/mol. The van der Waals surface area contributed by atoms with Gasteiger partial charge in [0.2, 0.25) is 0 Å². The van der Waals surface area contributed by atoms with E-state index in [-0.39, 0.29) is 19.1 Å². The number of hydrogen-bond acceptors (Lipinski definition) is 3.